The van der Waals surface area contributed by atoms with Crippen LogP contribution in [0.4, 0.5) is 11.4 Å². The predicted octanol–water partition coefficient (Wildman–Crippen LogP) is 1.71. The molecule has 0 fully saturated rings. The molecule has 1 atom stereocenters. The van der Waals surface area contributed by atoms with Gasteiger partial charge in [0.2, 0.25) is 5.91 Å². The number of carbonyl (C=O) groups is 1. The van der Waals surface area contributed by atoms with Gasteiger partial charge in [0.1, 0.15) is 0 Å². The van der Waals surface area contributed by atoms with E-state index in [4.69, 9.17) is 0 Å². The Morgan fingerprint density at radius 3 is 2.68 bits per heavy atom. The van der Waals surface area contributed by atoms with Crippen molar-refractivity contribution in [2.24, 2.45) is 5.92 Å². The highest BCUT2D eigenvalue weighted by Gasteiger charge is 2.27. The van der Waals surface area contributed by atoms with Crippen LogP contribution in [-0.2, 0) is 4.79 Å². The van der Waals surface area contributed by atoms with Gasteiger partial charge in [-0.2, -0.15) is 0 Å². The fourth-order valence-corrected chi connectivity index (χ4v) is 2.45. The number of carbonyl (C=O) groups excluding carboxylic acids is 1. The Kier molecular flexibility index (Phi) is 4.43. The molecule has 1 aromatic carbocycles. The Morgan fingerprint density at radius 2 is 2.00 bits per heavy atom. The van der Waals surface area contributed by atoms with Crippen molar-refractivity contribution in [2.45, 2.75) is 13.8 Å². The molecule has 1 aliphatic heterocycles. The second-order valence-electron chi connectivity index (χ2n) is 5.11. The Hall–Kier alpha value is -1.55. The molecule has 0 spiro atoms. The smallest absolute Gasteiger partial charge is 0.231 e. The first kappa shape index (κ1) is 13.9. The number of hydrogen-bond donors (Lipinski definition) is 1. The molecular weight excluding hydrogens is 238 g/mol. The summed E-state index contributed by atoms with van der Waals surface area (Å²) in [5.41, 5.74) is 2.17. The standard InChI is InChI=1S/C15H23N3O/c1-4-16-11-12(2)15(19)18-10-9-17(3)13-7-5-6-8-14(13)18/h5-8,12,16H,4,9-11H2,1-3H3. The molecule has 1 heterocycles. The maximum atomic E-state index is 12.5. The van der Waals surface area contributed by atoms with Crippen LogP contribution in [0.25, 0.3) is 0 Å². The van der Waals surface area contributed by atoms with Gasteiger partial charge in [0.05, 0.1) is 11.4 Å². The van der Waals surface area contributed by atoms with Crippen LogP contribution in [-0.4, -0.2) is 39.1 Å². The highest BCUT2D eigenvalue weighted by atomic mass is 16.2. The lowest BCUT2D eigenvalue weighted by Crippen LogP contribution is -2.46. The van der Waals surface area contributed by atoms with Crippen molar-refractivity contribution in [1.82, 2.24) is 5.32 Å². The van der Waals surface area contributed by atoms with Crippen molar-refractivity contribution >= 4 is 17.3 Å². The van der Waals surface area contributed by atoms with Crippen LogP contribution in [0.5, 0.6) is 0 Å². The van der Waals surface area contributed by atoms with Gasteiger partial charge < -0.3 is 15.1 Å². The molecule has 0 aliphatic carbocycles. The van der Waals surface area contributed by atoms with Gasteiger partial charge in [0, 0.05) is 32.6 Å². The zero-order valence-electron chi connectivity index (χ0n) is 12.0. The summed E-state index contributed by atoms with van der Waals surface area (Å²) in [5, 5.41) is 3.24. The second kappa shape index (κ2) is 6.06. The summed E-state index contributed by atoms with van der Waals surface area (Å²) in [6, 6.07) is 8.12. The van der Waals surface area contributed by atoms with Crippen LogP contribution in [0, 0.1) is 5.92 Å². The van der Waals surface area contributed by atoms with Crippen molar-refractivity contribution in [3.05, 3.63) is 24.3 Å². The Labute approximate surface area is 115 Å². The monoisotopic (exact) mass is 261 g/mol. The Bertz CT molecular complexity index is 447. The average molecular weight is 261 g/mol. The normalized spacial score (nSPS) is 16.2. The summed E-state index contributed by atoms with van der Waals surface area (Å²) >= 11 is 0. The van der Waals surface area contributed by atoms with Crippen molar-refractivity contribution in [2.75, 3.05) is 43.0 Å². The predicted molar refractivity (Wildman–Crippen MR) is 79.8 cm³/mol. The van der Waals surface area contributed by atoms with E-state index in [2.05, 4.69) is 30.3 Å². The van der Waals surface area contributed by atoms with E-state index in [0.29, 0.717) is 0 Å². The van der Waals surface area contributed by atoms with Gasteiger partial charge in [-0.05, 0) is 18.7 Å². The first-order valence-corrected chi connectivity index (χ1v) is 6.97. The van der Waals surface area contributed by atoms with Crippen LogP contribution in [0.15, 0.2) is 24.3 Å². The number of amides is 1. The van der Waals surface area contributed by atoms with Gasteiger partial charge in [-0.3, -0.25) is 4.79 Å². The third-order valence-electron chi connectivity index (χ3n) is 3.63. The molecule has 1 unspecified atom stereocenters. The third kappa shape index (κ3) is 2.89. The number of benzene rings is 1. The lowest BCUT2D eigenvalue weighted by atomic mass is 10.1. The van der Waals surface area contributed by atoms with Gasteiger partial charge in [-0.1, -0.05) is 26.0 Å². The Morgan fingerprint density at radius 1 is 1.32 bits per heavy atom. The quantitative estimate of drug-likeness (QED) is 0.896. The molecule has 0 saturated carbocycles. The summed E-state index contributed by atoms with van der Waals surface area (Å²) in [4.78, 5) is 16.7. The summed E-state index contributed by atoms with van der Waals surface area (Å²) in [6.07, 6.45) is 0. The van der Waals surface area contributed by atoms with Gasteiger partial charge in [-0.15, -0.1) is 0 Å². The van der Waals surface area contributed by atoms with E-state index in [1.807, 2.05) is 30.0 Å². The summed E-state index contributed by atoms with van der Waals surface area (Å²) in [5.74, 6) is 0.220. The number of likely N-dealkylation sites (N-methyl/N-ethyl adjacent to an activating group) is 1. The van der Waals surface area contributed by atoms with E-state index >= 15 is 0 Å². The van der Waals surface area contributed by atoms with E-state index in [-0.39, 0.29) is 11.8 Å². The Balaban J connectivity index is 2.18. The largest absolute Gasteiger partial charge is 0.371 e. The number of rotatable bonds is 4. The molecular formula is C15H23N3O. The first-order valence-electron chi connectivity index (χ1n) is 6.97. The number of nitrogens with one attached hydrogen (secondary N) is 1. The molecule has 1 N–H and O–H groups in total. The number of hydrogen-bond acceptors (Lipinski definition) is 3. The summed E-state index contributed by atoms with van der Waals surface area (Å²) < 4.78 is 0. The fourth-order valence-electron chi connectivity index (χ4n) is 2.45. The number of anilines is 2. The second-order valence-corrected chi connectivity index (χ2v) is 5.11. The number of para-hydroxylation sites is 2. The van der Waals surface area contributed by atoms with Crippen LogP contribution in [0.3, 0.4) is 0 Å². The molecule has 1 aromatic rings. The van der Waals surface area contributed by atoms with E-state index in [9.17, 15) is 4.79 Å². The molecule has 0 aromatic heterocycles. The van der Waals surface area contributed by atoms with Gasteiger partial charge in [0.15, 0.2) is 0 Å². The van der Waals surface area contributed by atoms with Crippen LogP contribution < -0.4 is 15.1 Å². The number of fused-ring (bicyclic) bond motifs is 1. The zero-order valence-corrected chi connectivity index (χ0v) is 12.0. The van der Waals surface area contributed by atoms with E-state index in [1.165, 1.54) is 0 Å². The van der Waals surface area contributed by atoms with Crippen molar-refractivity contribution in [3.8, 4) is 0 Å². The van der Waals surface area contributed by atoms with E-state index < -0.39 is 0 Å². The molecule has 104 valence electrons. The van der Waals surface area contributed by atoms with Crippen LogP contribution in [0.2, 0.25) is 0 Å². The minimum atomic E-state index is 0.0106. The highest BCUT2D eigenvalue weighted by Crippen LogP contribution is 2.32. The van der Waals surface area contributed by atoms with E-state index in [1.54, 1.807) is 0 Å². The first-order chi connectivity index (χ1) is 9.15. The molecule has 1 aliphatic rings. The molecule has 4 nitrogen and oxygen atoms in total. The zero-order chi connectivity index (χ0) is 13.8. The molecule has 1 amide bonds. The minimum Gasteiger partial charge on any atom is -0.371 e. The topological polar surface area (TPSA) is 35.6 Å². The van der Waals surface area contributed by atoms with Gasteiger partial charge in [-0.25, -0.2) is 0 Å². The maximum Gasteiger partial charge on any atom is 0.231 e. The maximum absolute atomic E-state index is 12.5. The molecule has 0 bridgehead atoms. The average Bonchev–Trinajstić information content (AvgIpc) is 2.45. The van der Waals surface area contributed by atoms with Crippen molar-refractivity contribution in [1.29, 1.82) is 0 Å². The van der Waals surface area contributed by atoms with Crippen LogP contribution >= 0.6 is 0 Å². The molecule has 2 rings (SSSR count). The molecule has 0 saturated heterocycles. The lowest BCUT2D eigenvalue weighted by molar-refractivity contribution is -0.121. The van der Waals surface area contributed by atoms with Gasteiger partial charge in [0.25, 0.3) is 0 Å². The SMILES string of the molecule is CCNCC(C)C(=O)N1CCN(C)c2ccccc21. The molecule has 19 heavy (non-hydrogen) atoms. The third-order valence-corrected chi connectivity index (χ3v) is 3.63. The fraction of sp³-hybridized carbons (Fsp3) is 0.533. The number of nitrogens with zero attached hydrogens (tertiary/aromatic N) is 2. The molecule has 4 heteroatoms. The summed E-state index contributed by atoms with van der Waals surface area (Å²) in [7, 11) is 2.07. The van der Waals surface area contributed by atoms with Gasteiger partial charge >= 0.3 is 0 Å². The van der Waals surface area contributed by atoms with Crippen molar-refractivity contribution < 1.29 is 4.79 Å². The molecule has 0 radical (unpaired) electrons. The van der Waals surface area contributed by atoms with Crippen LogP contribution in [0.1, 0.15) is 13.8 Å². The van der Waals surface area contributed by atoms with E-state index in [0.717, 1.165) is 37.6 Å². The lowest BCUT2D eigenvalue weighted by Gasteiger charge is -2.36. The highest BCUT2D eigenvalue weighted by molar-refractivity contribution is 5.99. The minimum absolute atomic E-state index is 0.0106. The summed E-state index contributed by atoms with van der Waals surface area (Å²) in [6.45, 7) is 7.34. The van der Waals surface area contributed by atoms with Crippen molar-refractivity contribution in [3.63, 3.8) is 0 Å².